The maximum Gasteiger partial charge on any atom is 0.145 e. The highest BCUT2D eigenvalue weighted by Gasteiger charge is 2.67. The molecule has 3 saturated carbocycles. The van der Waals surface area contributed by atoms with E-state index in [0.717, 1.165) is 19.3 Å². The van der Waals surface area contributed by atoms with Gasteiger partial charge in [0.2, 0.25) is 0 Å². The predicted molar refractivity (Wildman–Crippen MR) is 89.8 cm³/mol. The Kier molecular flexibility index (Phi) is 3.68. The topological polar surface area (TPSA) is 54.4 Å². The number of Topliss-reactive ketones (excluding diaryl/α,β-unsaturated/α-hetero) is 2. The molecule has 3 aliphatic rings. The highest BCUT2D eigenvalue weighted by molar-refractivity contribution is 5.92. The molecule has 23 heavy (non-hydrogen) atoms. The van der Waals surface area contributed by atoms with Crippen LogP contribution in [0.25, 0.3) is 0 Å². The van der Waals surface area contributed by atoms with Crippen LogP contribution in [0.5, 0.6) is 0 Å². The lowest BCUT2D eigenvalue weighted by molar-refractivity contribution is -0.175. The molecule has 0 aliphatic heterocycles. The molecular weight excluding hydrogens is 288 g/mol. The van der Waals surface area contributed by atoms with Crippen LogP contribution in [0.15, 0.2) is 12.7 Å². The van der Waals surface area contributed by atoms with E-state index >= 15 is 0 Å². The largest absolute Gasteiger partial charge is 0.392 e. The molecule has 0 aromatic carbocycles. The van der Waals surface area contributed by atoms with Gasteiger partial charge in [-0.2, -0.15) is 0 Å². The Bertz CT molecular complexity index is 567. The number of hydrogen-bond acceptors (Lipinski definition) is 3. The van der Waals surface area contributed by atoms with Gasteiger partial charge in [-0.3, -0.25) is 9.59 Å². The zero-order chi connectivity index (χ0) is 17.2. The number of allylic oxidation sites excluding steroid dienone is 1. The van der Waals surface area contributed by atoms with Gasteiger partial charge in [0.05, 0.1) is 6.10 Å². The number of aliphatic hydroxyl groups excluding tert-OH is 1. The van der Waals surface area contributed by atoms with Crippen LogP contribution in [0.2, 0.25) is 0 Å². The van der Waals surface area contributed by atoms with Crippen LogP contribution in [0.3, 0.4) is 0 Å². The fraction of sp³-hybridized carbons (Fsp3) is 0.800. The highest BCUT2D eigenvalue weighted by Crippen LogP contribution is 2.66. The summed E-state index contributed by atoms with van der Waals surface area (Å²) in [6, 6.07) is 0. The van der Waals surface area contributed by atoms with Crippen LogP contribution in [0.1, 0.15) is 59.8 Å². The maximum atomic E-state index is 13.2. The number of rotatable bonds is 1. The third-order valence-corrected chi connectivity index (χ3v) is 8.06. The van der Waals surface area contributed by atoms with Gasteiger partial charge in [0.25, 0.3) is 0 Å². The Morgan fingerprint density at radius 2 is 1.87 bits per heavy atom. The van der Waals surface area contributed by atoms with E-state index in [4.69, 9.17) is 0 Å². The second-order valence-corrected chi connectivity index (χ2v) is 8.87. The molecule has 3 heteroatoms. The normalized spacial score (nSPS) is 53.4. The fourth-order valence-electron chi connectivity index (χ4n) is 6.15. The van der Waals surface area contributed by atoms with Crippen LogP contribution < -0.4 is 0 Å². The van der Waals surface area contributed by atoms with Crippen molar-refractivity contribution in [1.82, 2.24) is 0 Å². The Hall–Kier alpha value is -0.960. The van der Waals surface area contributed by atoms with Crippen molar-refractivity contribution in [3.63, 3.8) is 0 Å². The molecule has 3 rings (SSSR count). The minimum Gasteiger partial charge on any atom is -0.392 e. The van der Waals surface area contributed by atoms with Crippen LogP contribution >= 0.6 is 0 Å². The van der Waals surface area contributed by atoms with Crippen molar-refractivity contribution in [3.8, 4) is 0 Å². The Morgan fingerprint density at radius 1 is 1.22 bits per heavy atom. The van der Waals surface area contributed by atoms with E-state index in [9.17, 15) is 14.7 Å². The standard InChI is InChI=1S/C20H30O3/c1-6-18(4)11-15(22)19(5)12(2)7-9-20(13(3)17(18)23)10-8-14(21)16(19)20/h6,12-13,15-16,22H,1,7-11H2,2-5H3/t12-,13-,15+,16-,18+,19+,20+/m0/s1. The Morgan fingerprint density at radius 3 is 2.48 bits per heavy atom. The molecule has 0 radical (unpaired) electrons. The van der Waals surface area contributed by atoms with E-state index in [-0.39, 0.29) is 34.7 Å². The van der Waals surface area contributed by atoms with Crippen molar-refractivity contribution in [2.75, 3.05) is 0 Å². The van der Waals surface area contributed by atoms with Crippen LogP contribution in [-0.4, -0.2) is 22.8 Å². The third kappa shape index (κ3) is 1.92. The molecule has 0 aromatic rings. The molecule has 0 unspecified atom stereocenters. The van der Waals surface area contributed by atoms with Gasteiger partial charge < -0.3 is 5.11 Å². The summed E-state index contributed by atoms with van der Waals surface area (Å²) in [7, 11) is 0. The molecule has 0 amide bonds. The summed E-state index contributed by atoms with van der Waals surface area (Å²) in [5, 5.41) is 11.1. The van der Waals surface area contributed by atoms with Crippen molar-refractivity contribution < 1.29 is 14.7 Å². The summed E-state index contributed by atoms with van der Waals surface area (Å²) >= 11 is 0. The number of aliphatic hydroxyl groups is 1. The summed E-state index contributed by atoms with van der Waals surface area (Å²) in [5.74, 6) is 0.373. The summed E-state index contributed by atoms with van der Waals surface area (Å²) < 4.78 is 0. The first-order valence-electron chi connectivity index (χ1n) is 9.02. The van der Waals surface area contributed by atoms with Crippen molar-refractivity contribution in [2.45, 2.75) is 65.9 Å². The van der Waals surface area contributed by atoms with Crippen molar-refractivity contribution in [2.24, 2.45) is 34.0 Å². The maximum absolute atomic E-state index is 13.2. The van der Waals surface area contributed by atoms with E-state index in [1.807, 2.05) is 13.8 Å². The zero-order valence-corrected chi connectivity index (χ0v) is 14.9. The van der Waals surface area contributed by atoms with Crippen molar-refractivity contribution in [3.05, 3.63) is 12.7 Å². The Balaban J connectivity index is 2.23. The summed E-state index contributed by atoms with van der Waals surface area (Å²) in [4.78, 5) is 26.1. The minimum absolute atomic E-state index is 0.152. The molecule has 1 N–H and O–H groups in total. The van der Waals surface area contributed by atoms with E-state index < -0.39 is 16.9 Å². The quantitative estimate of drug-likeness (QED) is 0.752. The summed E-state index contributed by atoms with van der Waals surface area (Å²) in [5.41, 5.74) is -1.41. The van der Waals surface area contributed by atoms with Crippen LogP contribution in [-0.2, 0) is 9.59 Å². The molecule has 3 nitrogen and oxygen atoms in total. The van der Waals surface area contributed by atoms with Gasteiger partial charge in [0, 0.05) is 29.1 Å². The molecule has 2 bridgehead atoms. The van der Waals surface area contributed by atoms with E-state index in [0.29, 0.717) is 12.8 Å². The molecular formula is C20H30O3. The highest BCUT2D eigenvalue weighted by atomic mass is 16.3. The monoisotopic (exact) mass is 318 g/mol. The van der Waals surface area contributed by atoms with Crippen molar-refractivity contribution >= 4 is 11.6 Å². The minimum atomic E-state index is -0.708. The fourth-order valence-corrected chi connectivity index (χ4v) is 6.15. The lowest BCUT2D eigenvalue weighted by Crippen LogP contribution is -2.61. The third-order valence-electron chi connectivity index (χ3n) is 8.06. The average molecular weight is 318 g/mol. The van der Waals surface area contributed by atoms with E-state index in [1.165, 1.54) is 0 Å². The van der Waals surface area contributed by atoms with Gasteiger partial charge in [0.1, 0.15) is 11.6 Å². The van der Waals surface area contributed by atoms with Gasteiger partial charge in [-0.15, -0.1) is 6.58 Å². The second kappa shape index (κ2) is 5.02. The number of ketones is 2. The molecule has 0 spiro atoms. The van der Waals surface area contributed by atoms with Gasteiger partial charge >= 0.3 is 0 Å². The van der Waals surface area contributed by atoms with Gasteiger partial charge in [0.15, 0.2) is 0 Å². The number of carbonyl (C=O) groups excluding carboxylic acids is 2. The van der Waals surface area contributed by atoms with E-state index in [1.54, 1.807) is 6.08 Å². The molecule has 7 atom stereocenters. The number of hydrogen-bond donors (Lipinski definition) is 1. The zero-order valence-electron chi connectivity index (χ0n) is 14.9. The molecule has 128 valence electrons. The molecule has 0 saturated heterocycles. The predicted octanol–water partition coefficient (Wildman–Crippen LogP) is 3.55. The average Bonchev–Trinajstić information content (AvgIpc) is 2.87. The van der Waals surface area contributed by atoms with Gasteiger partial charge in [-0.25, -0.2) is 0 Å². The summed E-state index contributed by atoms with van der Waals surface area (Å²) in [6.45, 7) is 12.1. The lowest BCUT2D eigenvalue weighted by Gasteiger charge is -2.59. The molecule has 0 heterocycles. The summed E-state index contributed by atoms with van der Waals surface area (Å²) in [6.07, 6.45) is 4.71. The van der Waals surface area contributed by atoms with Crippen molar-refractivity contribution in [1.29, 1.82) is 0 Å². The van der Waals surface area contributed by atoms with Gasteiger partial charge in [-0.05, 0) is 43.9 Å². The Labute approximate surface area is 139 Å². The van der Waals surface area contributed by atoms with Crippen LogP contribution in [0.4, 0.5) is 0 Å². The first-order chi connectivity index (χ1) is 10.6. The SMILES string of the molecule is C=C[C@]1(C)C[C@@H](O)[C@]2(C)[C@@H]3C(=O)CC[C@]3(CC[C@@H]2C)[C@@H](C)C1=O. The smallest absolute Gasteiger partial charge is 0.145 e. The van der Waals surface area contributed by atoms with Crippen LogP contribution in [0, 0.1) is 34.0 Å². The van der Waals surface area contributed by atoms with Gasteiger partial charge in [-0.1, -0.05) is 26.8 Å². The first kappa shape index (κ1) is 16.9. The lowest BCUT2D eigenvalue weighted by atomic mass is 9.44. The molecule has 3 aliphatic carbocycles. The van der Waals surface area contributed by atoms with E-state index in [2.05, 4.69) is 20.4 Å². The molecule has 3 fully saturated rings. The number of carbonyl (C=O) groups is 2. The first-order valence-corrected chi connectivity index (χ1v) is 9.02. The second-order valence-electron chi connectivity index (χ2n) is 8.87. The molecule has 0 aromatic heterocycles.